The molecule has 2 rings (SSSR count). The van der Waals surface area contributed by atoms with Gasteiger partial charge in [-0.15, -0.1) is 0 Å². The molecule has 2 aromatic carbocycles. The summed E-state index contributed by atoms with van der Waals surface area (Å²) in [5, 5.41) is 5.47. The normalized spacial score (nSPS) is 10.0. The topological polar surface area (TPSA) is 101 Å². The van der Waals surface area contributed by atoms with Crippen molar-refractivity contribution >= 4 is 19.0 Å². The third-order valence-corrected chi connectivity index (χ3v) is 3.56. The van der Waals surface area contributed by atoms with Crippen LogP contribution in [0.1, 0.15) is 30.0 Å². The molecular formula is C21H28FmN3O3-. The summed E-state index contributed by atoms with van der Waals surface area (Å²) in [5.74, 6) is 0. The second-order valence-corrected chi connectivity index (χ2v) is 5.28. The van der Waals surface area contributed by atoms with Crippen LogP contribution in [0.3, 0.4) is 0 Å². The van der Waals surface area contributed by atoms with Crippen LogP contribution in [0.15, 0.2) is 60.7 Å². The van der Waals surface area contributed by atoms with E-state index in [1.54, 1.807) is 0 Å². The van der Waals surface area contributed by atoms with Gasteiger partial charge in [0.05, 0.1) is 12.1 Å². The molecule has 0 bridgehead atoms. The minimum absolute atomic E-state index is 0. The van der Waals surface area contributed by atoms with E-state index in [2.05, 4.69) is 64.9 Å². The molecule has 0 saturated carbocycles. The second-order valence-electron chi connectivity index (χ2n) is 5.28. The van der Waals surface area contributed by atoms with Gasteiger partial charge in [0.2, 0.25) is 0 Å². The Kier molecular flexibility index (Phi) is 16.9. The van der Waals surface area contributed by atoms with E-state index >= 15 is 0 Å². The van der Waals surface area contributed by atoms with E-state index in [4.69, 9.17) is 0 Å². The average Bonchev–Trinajstić information content (AvgIpc) is 2.75. The fourth-order valence-corrected chi connectivity index (χ4v) is 2.31. The Labute approximate surface area is 161 Å². The van der Waals surface area contributed by atoms with Crippen molar-refractivity contribution in [3.8, 4) is 0 Å². The summed E-state index contributed by atoms with van der Waals surface area (Å²) in [6, 6.07) is 20.7. The Bertz CT molecular complexity index is 588. The molecular weight excluding hydrogens is 599 g/mol. The minimum Gasteiger partial charge on any atom is -0.522 e. The molecule has 7 heteroatoms. The molecule has 158 valence electrons. The van der Waals surface area contributed by atoms with Crippen LogP contribution in [0.2, 0.25) is 0 Å². The zero-order valence-electron chi connectivity index (χ0n) is 16.1. The first-order chi connectivity index (χ1) is 13.3. The molecule has 0 aliphatic rings. The zero-order valence-corrected chi connectivity index (χ0v) is 18.5. The Hall–Kier alpha value is -3.83. The number of aldehydes is 2. The Balaban J connectivity index is 0. The summed E-state index contributed by atoms with van der Waals surface area (Å²) in [5.41, 5.74) is 7.09. The Morgan fingerprint density at radius 1 is 0.964 bits per heavy atom. The number of carbonyl (C=O) groups is 2. The quantitative estimate of drug-likeness (QED) is 0.224. The SMILES string of the molecule is CN.CNC(c1ccccc1)c1ccccc1.O=[C-]NC(C=O)CCC=O.[Fm]. The van der Waals surface area contributed by atoms with E-state index in [0.29, 0.717) is 19.0 Å². The summed E-state index contributed by atoms with van der Waals surface area (Å²) < 4.78 is 0. The van der Waals surface area contributed by atoms with Crippen molar-refractivity contribution in [1.29, 1.82) is 0 Å². The van der Waals surface area contributed by atoms with Crippen LogP contribution in [-0.4, -0.2) is 39.1 Å². The van der Waals surface area contributed by atoms with E-state index in [9.17, 15) is 14.4 Å². The maximum absolute atomic E-state index is 10.0. The van der Waals surface area contributed by atoms with Crippen molar-refractivity contribution in [3.63, 3.8) is 0 Å². The minimum atomic E-state index is -0.567. The van der Waals surface area contributed by atoms with Crippen molar-refractivity contribution < 1.29 is 14.4 Å². The molecule has 0 aliphatic carbocycles. The van der Waals surface area contributed by atoms with Crippen LogP contribution in [0.4, 0.5) is 0 Å². The standard InChI is InChI=1S/C14H15N.C6H8NO3.CH5N.Fm/c1-15-14(12-8-4-2-5-9-12)13-10-6-3-7-11-13;8-3-1-2-6(4-9)7-5-10;1-2;/h2-11,14-15H,1H3;3-4,6H,1-2H2,(H,7,10);2H2,1H3;/q;-1;;. The fraction of sp³-hybridized carbons (Fsp3) is 0.286. The van der Waals surface area contributed by atoms with Gasteiger partial charge in [-0.3, -0.25) is 0 Å². The van der Waals surface area contributed by atoms with Crippen LogP contribution >= 0.6 is 0 Å². The van der Waals surface area contributed by atoms with E-state index in [0.717, 1.165) is 0 Å². The van der Waals surface area contributed by atoms with Crippen molar-refractivity contribution in [1.82, 2.24) is 10.6 Å². The molecule has 0 fully saturated rings. The molecule has 1 amide bonds. The van der Waals surface area contributed by atoms with Gasteiger partial charge in [0.1, 0.15) is 12.6 Å². The van der Waals surface area contributed by atoms with Gasteiger partial charge in [0.15, 0.2) is 0 Å². The molecule has 6 nitrogen and oxygen atoms in total. The molecule has 0 aromatic heterocycles. The van der Waals surface area contributed by atoms with Gasteiger partial charge in [0, 0.05) is 6.42 Å². The van der Waals surface area contributed by atoms with Crippen molar-refractivity contribution in [2.24, 2.45) is 5.73 Å². The van der Waals surface area contributed by atoms with E-state index < -0.39 is 6.04 Å². The molecule has 2 aromatic rings. The average molecular weight is 627 g/mol. The van der Waals surface area contributed by atoms with Crippen LogP contribution < -0.4 is 16.4 Å². The summed E-state index contributed by atoms with van der Waals surface area (Å²) in [6.45, 7) is 0. The largest absolute Gasteiger partial charge is 0.522 e. The maximum atomic E-state index is 10.0. The molecule has 1 atom stereocenters. The fourth-order valence-electron chi connectivity index (χ4n) is 2.31. The third kappa shape index (κ3) is 10.2. The first-order valence-electron chi connectivity index (χ1n) is 8.63. The molecule has 28 heavy (non-hydrogen) atoms. The van der Waals surface area contributed by atoms with E-state index in [-0.39, 0.29) is 12.5 Å². The predicted octanol–water partition coefficient (Wildman–Crippen LogP) is 1.76. The Morgan fingerprint density at radius 2 is 1.43 bits per heavy atom. The Morgan fingerprint density at radius 3 is 1.75 bits per heavy atom. The van der Waals surface area contributed by atoms with Crippen LogP contribution in [0.25, 0.3) is 0 Å². The summed E-state index contributed by atoms with van der Waals surface area (Å²) >= 11 is 0. The van der Waals surface area contributed by atoms with Gasteiger partial charge in [-0.2, -0.15) is 6.41 Å². The summed E-state index contributed by atoms with van der Waals surface area (Å²) in [7, 11) is 3.49. The molecule has 4 N–H and O–H groups in total. The number of rotatable bonds is 9. The zero-order chi connectivity index (χ0) is 20.3. The van der Waals surface area contributed by atoms with Gasteiger partial charge in [-0.25, -0.2) is 0 Å². The van der Waals surface area contributed by atoms with Gasteiger partial charge in [0.25, 0.3) is 0 Å². The van der Waals surface area contributed by atoms with Gasteiger partial charge in [-0.05, 0) is 31.6 Å². The monoisotopic (exact) mass is 627 g/mol. The summed E-state index contributed by atoms with van der Waals surface area (Å²) in [4.78, 5) is 29.5. The molecule has 1 unspecified atom stereocenters. The smallest absolute Gasteiger partial charge is 0.139 e. The second kappa shape index (κ2) is 18.0. The molecule has 0 aliphatic heterocycles. The number of amides is 1. The predicted molar refractivity (Wildman–Crippen MR) is 108 cm³/mol. The van der Waals surface area contributed by atoms with Crippen LogP contribution in [0, 0.1) is 0 Å². The van der Waals surface area contributed by atoms with E-state index in [1.807, 2.05) is 19.2 Å². The van der Waals surface area contributed by atoms with Crippen LogP contribution in [-0.2, 0) is 14.4 Å². The van der Waals surface area contributed by atoms with Crippen molar-refractivity contribution in [2.45, 2.75) is 24.9 Å². The van der Waals surface area contributed by atoms with Crippen molar-refractivity contribution in [3.05, 3.63) is 71.8 Å². The number of hydrogen-bond acceptors (Lipinski definition) is 5. The van der Waals surface area contributed by atoms with Crippen molar-refractivity contribution in [2.75, 3.05) is 14.1 Å². The molecule has 0 radical (unpaired) electrons. The number of hydrogen-bond donors (Lipinski definition) is 3. The number of nitrogens with one attached hydrogen (secondary N) is 2. The summed E-state index contributed by atoms with van der Waals surface area (Å²) in [6.07, 6.45) is 3.28. The third-order valence-electron chi connectivity index (χ3n) is 3.56. The van der Waals surface area contributed by atoms with Gasteiger partial charge < -0.3 is 30.8 Å². The van der Waals surface area contributed by atoms with Gasteiger partial charge in [-0.1, -0.05) is 60.7 Å². The number of benzene rings is 2. The van der Waals surface area contributed by atoms with Crippen LogP contribution in [0.5, 0.6) is 0 Å². The number of carbonyl (C=O) groups excluding carboxylic acids is 3. The van der Waals surface area contributed by atoms with E-state index in [1.165, 1.54) is 24.6 Å². The maximum Gasteiger partial charge on any atom is 0.139 e. The molecule has 0 spiro atoms. The first kappa shape index (κ1) is 26.4. The first-order valence-corrected chi connectivity index (χ1v) is 8.63. The molecule has 0 saturated heterocycles. The molecule has 0 heterocycles. The van der Waals surface area contributed by atoms with Gasteiger partial charge >= 0.3 is 0 Å². The number of nitrogens with two attached hydrogens (primary N) is 1.